The number of carbonyl (C=O) groups is 1. The van der Waals surface area contributed by atoms with Crippen LogP contribution in [0.5, 0.6) is 0 Å². The Kier molecular flexibility index (Phi) is 4.81. The van der Waals surface area contributed by atoms with Crippen LogP contribution in [0.1, 0.15) is 33.4 Å². The van der Waals surface area contributed by atoms with Crippen LogP contribution in [0.3, 0.4) is 0 Å². The second kappa shape index (κ2) is 5.75. The molecule has 1 atom stereocenters. The molecular weight excluding hydrogens is 250 g/mol. The topological polar surface area (TPSA) is 67.2 Å². The maximum Gasteiger partial charge on any atom is 0.233 e. The van der Waals surface area contributed by atoms with Crippen molar-refractivity contribution in [3.8, 4) is 0 Å². The number of hydrogen-bond acceptors (Lipinski definition) is 4. The van der Waals surface area contributed by atoms with Crippen molar-refractivity contribution in [2.24, 2.45) is 7.05 Å². The van der Waals surface area contributed by atoms with Gasteiger partial charge in [0.25, 0.3) is 0 Å². The first kappa shape index (κ1) is 15.0. The molecule has 5 nitrogen and oxygen atoms in total. The number of amides is 1. The summed E-state index contributed by atoms with van der Waals surface area (Å²) in [7, 11) is 1.83. The van der Waals surface area contributed by atoms with Gasteiger partial charge in [0.1, 0.15) is 0 Å². The minimum Gasteiger partial charge on any atom is -0.390 e. The lowest BCUT2D eigenvalue weighted by atomic mass is 10.1. The minimum absolute atomic E-state index is 0.0129. The van der Waals surface area contributed by atoms with Crippen LogP contribution < -0.4 is 5.32 Å². The van der Waals surface area contributed by atoms with E-state index in [9.17, 15) is 4.79 Å². The van der Waals surface area contributed by atoms with Crippen LogP contribution in [0.4, 0.5) is 0 Å². The van der Waals surface area contributed by atoms with E-state index in [1.807, 2.05) is 34.7 Å². The Morgan fingerprint density at radius 2 is 2.22 bits per heavy atom. The number of carbonyl (C=O) groups excluding carboxylic acids is 1. The first-order valence-electron chi connectivity index (χ1n) is 5.84. The Morgan fingerprint density at radius 3 is 2.67 bits per heavy atom. The Balaban J connectivity index is 2.67. The van der Waals surface area contributed by atoms with E-state index in [2.05, 4.69) is 10.3 Å². The number of aromatic nitrogens is 2. The number of imidazole rings is 1. The fourth-order valence-electron chi connectivity index (χ4n) is 1.37. The lowest BCUT2D eigenvalue weighted by Gasteiger charge is -2.22. The highest BCUT2D eigenvalue weighted by Gasteiger charge is 2.21. The van der Waals surface area contributed by atoms with Gasteiger partial charge >= 0.3 is 0 Å². The van der Waals surface area contributed by atoms with Gasteiger partial charge in [0.15, 0.2) is 5.16 Å². The normalized spacial score (nSPS) is 13.4. The standard InChI is InChI=1S/C12H21N3O2S/c1-8(10(17)14-12(2,3)4)18-11-13-6-9(7-16)15(11)5/h6,8,16H,7H2,1-5H3,(H,14,17). The number of hydrogen-bond donors (Lipinski definition) is 2. The summed E-state index contributed by atoms with van der Waals surface area (Å²) in [4.78, 5) is 16.1. The molecular formula is C12H21N3O2S. The summed E-state index contributed by atoms with van der Waals surface area (Å²) < 4.78 is 1.80. The fourth-order valence-corrected chi connectivity index (χ4v) is 2.24. The third-order valence-electron chi connectivity index (χ3n) is 2.35. The van der Waals surface area contributed by atoms with Gasteiger partial charge in [-0.1, -0.05) is 11.8 Å². The van der Waals surface area contributed by atoms with E-state index in [0.717, 1.165) is 10.9 Å². The lowest BCUT2D eigenvalue weighted by Crippen LogP contribution is -2.44. The molecule has 1 rings (SSSR count). The van der Waals surface area contributed by atoms with Crippen molar-refractivity contribution in [2.75, 3.05) is 0 Å². The molecule has 1 aromatic rings. The average Bonchev–Trinajstić information content (AvgIpc) is 2.57. The van der Waals surface area contributed by atoms with E-state index < -0.39 is 0 Å². The predicted molar refractivity (Wildman–Crippen MR) is 72.3 cm³/mol. The summed E-state index contributed by atoms with van der Waals surface area (Å²) in [5, 5.41) is 12.5. The Hall–Kier alpha value is -1.01. The van der Waals surface area contributed by atoms with Crippen LogP contribution in [0, 0.1) is 0 Å². The fraction of sp³-hybridized carbons (Fsp3) is 0.667. The van der Waals surface area contributed by atoms with Crippen LogP contribution in [0.25, 0.3) is 0 Å². The van der Waals surface area contributed by atoms with Gasteiger partial charge in [-0.05, 0) is 27.7 Å². The second-order valence-corrected chi connectivity index (χ2v) is 6.56. The highest BCUT2D eigenvalue weighted by Crippen LogP contribution is 2.23. The highest BCUT2D eigenvalue weighted by atomic mass is 32.2. The first-order valence-corrected chi connectivity index (χ1v) is 6.72. The predicted octanol–water partition coefficient (Wildman–Crippen LogP) is 1.31. The number of aliphatic hydroxyl groups excluding tert-OH is 1. The van der Waals surface area contributed by atoms with Gasteiger partial charge in [0, 0.05) is 12.6 Å². The highest BCUT2D eigenvalue weighted by molar-refractivity contribution is 8.00. The van der Waals surface area contributed by atoms with Gasteiger partial charge < -0.3 is 15.0 Å². The number of aliphatic hydroxyl groups is 1. The molecule has 1 aromatic heterocycles. The third-order valence-corrected chi connectivity index (χ3v) is 3.51. The maximum absolute atomic E-state index is 11.9. The zero-order chi connectivity index (χ0) is 13.9. The molecule has 102 valence electrons. The van der Waals surface area contributed by atoms with Gasteiger partial charge in [0.2, 0.25) is 5.91 Å². The molecule has 1 amide bonds. The summed E-state index contributed by atoms with van der Waals surface area (Å²) in [5.74, 6) is -0.0129. The molecule has 6 heteroatoms. The van der Waals surface area contributed by atoms with Crippen molar-refractivity contribution in [3.63, 3.8) is 0 Å². The van der Waals surface area contributed by atoms with Crippen molar-refractivity contribution < 1.29 is 9.90 Å². The van der Waals surface area contributed by atoms with Gasteiger partial charge in [-0.2, -0.15) is 0 Å². The smallest absolute Gasteiger partial charge is 0.233 e. The van der Waals surface area contributed by atoms with Crippen LogP contribution in [-0.4, -0.2) is 31.4 Å². The number of thioether (sulfide) groups is 1. The van der Waals surface area contributed by atoms with Crippen molar-refractivity contribution in [2.45, 2.75) is 50.2 Å². The third kappa shape index (κ3) is 4.03. The zero-order valence-electron chi connectivity index (χ0n) is 11.5. The van der Waals surface area contributed by atoms with E-state index in [-0.39, 0.29) is 23.3 Å². The summed E-state index contributed by atoms with van der Waals surface area (Å²) in [6.45, 7) is 7.65. The largest absolute Gasteiger partial charge is 0.390 e. The molecule has 0 spiro atoms. The van der Waals surface area contributed by atoms with E-state index in [1.165, 1.54) is 11.8 Å². The average molecular weight is 271 g/mol. The molecule has 1 unspecified atom stereocenters. The van der Waals surface area contributed by atoms with Gasteiger partial charge in [-0.25, -0.2) is 4.98 Å². The van der Waals surface area contributed by atoms with Crippen LogP contribution in [-0.2, 0) is 18.4 Å². The zero-order valence-corrected chi connectivity index (χ0v) is 12.3. The van der Waals surface area contributed by atoms with Crippen molar-refractivity contribution in [1.29, 1.82) is 0 Å². The van der Waals surface area contributed by atoms with Gasteiger partial charge in [0.05, 0.1) is 23.7 Å². The SMILES string of the molecule is CC(Sc1ncc(CO)n1C)C(=O)NC(C)(C)C. The summed E-state index contributed by atoms with van der Waals surface area (Å²) in [5.41, 5.74) is 0.505. The maximum atomic E-state index is 11.9. The summed E-state index contributed by atoms with van der Waals surface area (Å²) in [6, 6.07) is 0. The number of rotatable bonds is 4. The van der Waals surface area contributed by atoms with E-state index in [4.69, 9.17) is 5.11 Å². The molecule has 0 bridgehead atoms. The van der Waals surface area contributed by atoms with Crippen molar-refractivity contribution in [1.82, 2.24) is 14.9 Å². The molecule has 18 heavy (non-hydrogen) atoms. The monoisotopic (exact) mass is 271 g/mol. The lowest BCUT2D eigenvalue weighted by molar-refractivity contribution is -0.121. The van der Waals surface area contributed by atoms with Crippen LogP contribution >= 0.6 is 11.8 Å². The van der Waals surface area contributed by atoms with Gasteiger partial charge in [-0.15, -0.1) is 0 Å². The molecule has 0 aromatic carbocycles. The summed E-state index contributed by atoms with van der Waals surface area (Å²) in [6.07, 6.45) is 1.62. The Morgan fingerprint density at radius 1 is 1.61 bits per heavy atom. The Bertz CT molecular complexity index is 423. The molecule has 0 aliphatic heterocycles. The number of nitrogens with zero attached hydrogens (tertiary/aromatic N) is 2. The molecule has 0 radical (unpaired) electrons. The molecule has 0 fully saturated rings. The van der Waals surface area contributed by atoms with Gasteiger partial charge in [-0.3, -0.25) is 4.79 Å². The Labute approximate surface area is 112 Å². The number of nitrogens with one attached hydrogen (secondary N) is 1. The quantitative estimate of drug-likeness (QED) is 0.810. The van der Waals surface area contributed by atoms with Crippen molar-refractivity contribution >= 4 is 17.7 Å². The second-order valence-electron chi connectivity index (χ2n) is 5.25. The molecule has 1 heterocycles. The minimum atomic E-state index is -0.232. The first-order chi connectivity index (χ1) is 8.24. The van der Waals surface area contributed by atoms with Crippen LogP contribution in [0.15, 0.2) is 11.4 Å². The molecule has 0 saturated carbocycles. The molecule has 2 N–H and O–H groups in total. The molecule has 0 aliphatic rings. The van der Waals surface area contributed by atoms with E-state index in [1.54, 1.807) is 10.8 Å². The van der Waals surface area contributed by atoms with E-state index >= 15 is 0 Å². The molecule has 0 aliphatic carbocycles. The van der Waals surface area contributed by atoms with Crippen LogP contribution in [0.2, 0.25) is 0 Å². The van der Waals surface area contributed by atoms with E-state index in [0.29, 0.717) is 0 Å². The molecule has 0 saturated heterocycles. The van der Waals surface area contributed by atoms with Crippen molar-refractivity contribution in [3.05, 3.63) is 11.9 Å². The summed E-state index contributed by atoms with van der Waals surface area (Å²) >= 11 is 1.38.